The maximum atomic E-state index is 13.5. The molecule has 6 nitrogen and oxygen atoms in total. The van der Waals surface area contributed by atoms with Crippen LogP contribution in [0.5, 0.6) is 0 Å². The first kappa shape index (κ1) is 19.8. The summed E-state index contributed by atoms with van der Waals surface area (Å²) in [7, 11) is 0. The maximum Gasteiger partial charge on any atom is 0.290 e. The van der Waals surface area contributed by atoms with Gasteiger partial charge in [-0.05, 0) is 42.7 Å². The number of carbonyl (C=O) groups is 2. The van der Waals surface area contributed by atoms with E-state index >= 15 is 0 Å². The predicted octanol–water partition coefficient (Wildman–Crippen LogP) is 4.84. The number of amides is 1. The number of rotatable bonds is 5. The van der Waals surface area contributed by atoms with Gasteiger partial charge in [-0.2, -0.15) is 0 Å². The summed E-state index contributed by atoms with van der Waals surface area (Å²) in [6.45, 7) is 0.949. The van der Waals surface area contributed by atoms with Crippen LogP contribution in [0.3, 0.4) is 0 Å². The molecule has 1 aromatic heterocycles. The number of benzene rings is 2. The number of halogens is 1. The van der Waals surface area contributed by atoms with Crippen molar-refractivity contribution in [2.75, 3.05) is 13.2 Å². The fourth-order valence-electron chi connectivity index (χ4n) is 4.32. The number of Topliss-reactive ketones (excluding diaryl/α,β-unsaturated/α-hetero) is 1. The second-order valence-electron chi connectivity index (χ2n) is 7.79. The van der Waals surface area contributed by atoms with E-state index in [-0.39, 0.29) is 17.4 Å². The van der Waals surface area contributed by atoms with Gasteiger partial charge in [0.05, 0.1) is 17.7 Å². The van der Waals surface area contributed by atoms with E-state index in [2.05, 4.69) is 0 Å². The molecule has 0 spiro atoms. The summed E-state index contributed by atoms with van der Waals surface area (Å²) in [4.78, 5) is 28.0. The Morgan fingerprint density at radius 2 is 1.97 bits per heavy atom. The highest BCUT2D eigenvalue weighted by atomic mass is 35.5. The van der Waals surface area contributed by atoms with E-state index < -0.39 is 23.5 Å². The molecule has 31 heavy (non-hydrogen) atoms. The van der Waals surface area contributed by atoms with Gasteiger partial charge in [-0.1, -0.05) is 41.9 Å². The lowest BCUT2D eigenvalue weighted by atomic mass is 9.95. The molecule has 2 atom stereocenters. The van der Waals surface area contributed by atoms with Crippen molar-refractivity contribution in [3.05, 3.63) is 82.3 Å². The van der Waals surface area contributed by atoms with Gasteiger partial charge < -0.3 is 19.2 Å². The van der Waals surface area contributed by atoms with E-state index in [1.807, 2.05) is 30.3 Å². The third kappa shape index (κ3) is 3.52. The molecule has 1 N–H and O–H groups in total. The zero-order chi connectivity index (χ0) is 21.5. The van der Waals surface area contributed by atoms with Gasteiger partial charge >= 0.3 is 0 Å². The summed E-state index contributed by atoms with van der Waals surface area (Å²) in [5.41, 5.74) is 1.25. The molecule has 2 unspecified atom stereocenters. The average Bonchev–Trinajstić information content (AvgIpc) is 3.49. The van der Waals surface area contributed by atoms with Crippen LogP contribution in [0.25, 0.3) is 11.0 Å². The number of hydrogen-bond donors (Lipinski definition) is 1. The van der Waals surface area contributed by atoms with Crippen LogP contribution in [0, 0.1) is 0 Å². The molecule has 3 aromatic rings. The first-order valence-electron chi connectivity index (χ1n) is 10.2. The lowest BCUT2D eigenvalue weighted by Gasteiger charge is -2.28. The molecule has 1 amide bonds. The Labute approximate surface area is 183 Å². The van der Waals surface area contributed by atoms with Crippen molar-refractivity contribution >= 4 is 34.3 Å². The van der Waals surface area contributed by atoms with Crippen LogP contribution in [-0.2, 0) is 9.53 Å². The van der Waals surface area contributed by atoms with Gasteiger partial charge in [0, 0.05) is 23.6 Å². The van der Waals surface area contributed by atoms with Crippen molar-refractivity contribution < 1.29 is 23.8 Å². The van der Waals surface area contributed by atoms with Crippen LogP contribution in [-0.4, -0.2) is 41.0 Å². The first-order chi connectivity index (χ1) is 15.0. The van der Waals surface area contributed by atoms with Gasteiger partial charge in [0.15, 0.2) is 11.5 Å². The van der Waals surface area contributed by atoms with Gasteiger partial charge in [-0.3, -0.25) is 9.59 Å². The third-order valence-electron chi connectivity index (χ3n) is 5.79. The molecule has 0 radical (unpaired) electrons. The zero-order valence-corrected chi connectivity index (χ0v) is 17.3. The molecule has 5 rings (SSSR count). The highest BCUT2D eigenvalue weighted by Gasteiger charge is 2.45. The number of nitrogens with zero attached hydrogens (tertiary/aromatic N) is 1. The van der Waals surface area contributed by atoms with Crippen LogP contribution < -0.4 is 0 Å². The summed E-state index contributed by atoms with van der Waals surface area (Å²) >= 11 is 6.04. The number of furan rings is 1. The third-order valence-corrected chi connectivity index (χ3v) is 6.03. The van der Waals surface area contributed by atoms with E-state index in [1.165, 1.54) is 4.90 Å². The van der Waals surface area contributed by atoms with Crippen molar-refractivity contribution in [3.8, 4) is 0 Å². The second kappa shape index (κ2) is 7.87. The molecule has 0 saturated carbocycles. The van der Waals surface area contributed by atoms with E-state index in [0.29, 0.717) is 29.1 Å². The summed E-state index contributed by atoms with van der Waals surface area (Å²) < 4.78 is 11.4. The lowest BCUT2D eigenvalue weighted by Crippen LogP contribution is -2.37. The van der Waals surface area contributed by atoms with Crippen molar-refractivity contribution in [3.63, 3.8) is 0 Å². The van der Waals surface area contributed by atoms with Crippen LogP contribution in [0.2, 0.25) is 5.02 Å². The van der Waals surface area contributed by atoms with Crippen LogP contribution in [0.15, 0.2) is 70.3 Å². The van der Waals surface area contributed by atoms with E-state index in [1.54, 1.807) is 24.3 Å². The smallest absolute Gasteiger partial charge is 0.290 e. The molecule has 2 aliphatic heterocycles. The number of ketones is 1. The van der Waals surface area contributed by atoms with Crippen molar-refractivity contribution in [2.24, 2.45) is 0 Å². The summed E-state index contributed by atoms with van der Waals surface area (Å²) in [5.74, 6) is -1.60. The standard InChI is InChI=1S/C24H20ClNO5/c25-16-8-9-18-15(11-16)12-19(31-18)22(27)20-21(14-5-2-1-3-6-14)26(24(29)23(20)28)13-17-7-4-10-30-17/h1-3,5-6,8-9,11-12,17,21,28H,4,7,10,13H2. The van der Waals surface area contributed by atoms with Crippen LogP contribution >= 0.6 is 11.6 Å². The largest absolute Gasteiger partial charge is 0.503 e. The average molecular weight is 438 g/mol. The molecule has 1 saturated heterocycles. The number of hydrogen-bond acceptors (Lipinski definition) is 5. The Bertz CT molecular complexity index is 1190. The normalized spacial score (nSPS) is 21.5. The Morgan fingerprint density at radius 1 is 1.16 bits per heavy atom. The number of fused-ring (bicyclic) bond motifs is 1. The maximum absolute atomic E-state index is 13.5. The van der Waals surface area contributed by atoms with Crippen molar-refractivity contribution in [1.82, 2.24) is 4.90 Å². The molecule has 0 bridgehead atoms. The molecule has 2 aromatic carbocycles. The summed E-state index contributed by atoms with van der Waals surface area (Å²) in [6.07, 6.45) is 1.64. The fraction of sp³-hybridized carbons (Fsp3) is 0.250. The number of aliphatic hydroxyl groups is 1. The predicted molar refractivity (Wildman–Crippen MR) is 115 cm³/mol. The van der Waals surface area contributed by atoms with E-state index in [0.717, 1.165) is 18.4 Å². The van der Waals surface area contributed by atoms with Crippen LogP contribution in [0.1, 0.15) is 35.0 Å². The highest BCUT2D eigenvalue weighted by molar-refractivity contribution is 6.31. The van der Waals surface area contributed by atoms with Gasteiger partial charge in [-0.15, -0.1) is 0 Å². The molecule has 0 aliphatic carbocycles. The number of ether oxygens (including phenoxy) is 1. The molecule has 1 fully saturated rings. The van der Waals surface area contributed by atoms with Gasteiger partial charge in [0.25, 0.3) is 5.91 Å². The van der Waals surface area contributed by atoms with Crippen molar-refractivity contribution in [1.29, 1.82) is 0 Å². The Morgan fingerprint density at radius 3 is 2.71 bits per heavy atom. The molecular formula is C24H20ClNO5. The minimum Gasteiger partial charge on any atom is -0.503 e. The number of aliphatic hydroxyl groups excluding tert-OH is 1. The topological polar surface area (TPSA) is 80.0 Å². The fourth-order valence-corrected chi connectivity index (χ4v) is 4.50. The first-order valence-corrected chi connectivity index (χ1v) is 10.5. The summed E-state index contributed by atoms with van der Waals surface area (Å²) in [6, 6.07) is 15.1. The highest BCUT2D eigenvalue weighted by Crippen LogP contribution is 2.40. The molecule has 2 aliphatic rings. The summed E-state index contributed by atoms with van der Waals surface area (Å²) in [5, 5.41) is 11.9. The second-order valence-corrected chi connectivity index (χ2v) is 8.23. The van der Waals surface area contributed by atoms with Gasteiger partial charge in [-0.25, -0.2) is 0 Å². The molecular weight excluding hydrogens is 418 g/mol. The minimum atomic E-state index is -0.720. The van der Waals surface area contributed by atoms with Crippen molar-refractivity contribution in [2.45, 2.75) is 25.0 Å². The molecule has 3 heterocycles. The van der Waals surface area contributed by atoms with Gasteiger partial charge in [0.1, 0.15) is 5.58 Å². The Balaban J connectivity index is 1.56. The molecule has 158 valence electrons. The Kier molecular flexibility index (Phi) is 5.04. The quantitative estimate of drug-likeness (QED) is 0.577. The van der Waals surface area contributed by atoms with E-state index in [4.69, 9.17) is 20.8 Å². The number of carbonyl (C=O) groups excluding carboxylic acids is 2. The monoisotopic (exact) mass is 437 g/mol. The SMILES string of the molecule is O=C(C1=C(O)C(=O)N(CC2CCCO2)C1c1ccccc1)c1cc2cc(Cl)ccc2o1. The Hall–Kier alpha value is -3.09. The van der Waals surface area contributed by atoms with Crippen LogP contribution in [0.4, 0.5) is 0 Å². The lowest BCUT2D eigenvalue weighted by molar-refractivity contribution is -0.131. The molecule has 7 heteroatoms. The van der Waals surface area contributed by atoms with E-state index in [9.17, 15) is 14.7 Å². The van der Waals surface area contributed by atoms with Gasteiger partial charge in [0.2, 0.25) is 5.78 Å². The minimum absolute atomic E-state index is 0.0133. The zero-order valence-electron chi connectivity index (χ0n) is 16.6.